The number of imidazole rings is 1. The second kappa shape index (κ2) is 17.3. The molecule has 0 spiro atoms. The first-order valence-corrected chi connectivity index (χ1v) is 17.6. The Morgan fingerprint density at radius 1 is 0.755 bits per heavy atom. The van der Waals surface area contributed by atoms with Crippen LogP contribution in [0.25, 0.3) is 10.9 Å². The van der Waals surface area contributed by atoms with E-state index >= 15 is 0 Å². The molecule has 8 N–H and O–H groups in total. The number of carboxylic acid groups (broad SMARTS) is 1. The molecule has 0 aliphatic carbocycles. The number of benzene rings is 2. The van der Waals surface area contributed by atoms with E-state index in [0.717, 1.165) is 16.5 Å². The van der Waals surface area contributed by atoms with E-state index in [4.69, 9.17) is 0 Å². The lowest BCUT2D eigenvalue weighted by molar-refractivity contribution is -0.138. The van der Waals surface area contributed by atoms with E-state index in [1.54, 1.807) is 45.3 Å². The molecule has 0 aliphatic heterocycles. The molecule has 3 amide bonds. The summed E-state index contributed by atoms with van der Waals surface area (Å²) in [4.78, 5) is 77.7. The summed E-state index contributed by atoms with van der Waals surface area (Å²) in [6.45, 7) is 11.0. The van der Waals surface area contributed by atoms with Crippen LogP contribution in [0.15, 0.2) is 67.3 Å². The predicted molar refractivity (Wildman–Crippen MR) is 200 cm³/mol. The zero-order chi connectivity index (χ0) is 38.9. The fourth-order valence-electron chi connectivity index (χ4n) is 6.03. The molecule has 0 fully saturated rings. The maximum Gasteiger partial charge on any atom is 0.303 e. The van der Waals surface area contributed by atoms with Crippen molar-refractivity contribution in [1.29, 1.82) is 0 Å². The lowest BCUT2D eigenvalue weighted by Gasteiger charge is -2.30. The summed E-state index contributed by atoms with van der Waals surface area (Å²) in [5.41, 5.74) is 1.58. The van der Waals surface area contributed by atoms with E-state index < -0.39 is 65.2 Å². The van der Waals surface area contributed by atoms with E-state index in [0.29, 0.717) is 11.3 Å². The van der Waals surface area contributed by atoms with Crippen molar-refractivity contribution in [3.8, 4) is 5.75 Å². The maximum atomic E-state index is 14.2. The number of Topliss-reactive ketones (excluding diaryl/α,β-unsaturated/α-hetero) is 1. The van der Waals surface area contributed by atoms with Gasteiger partial charge in [-0.25, -0.2) is 4.98 Å². The van der Waals surface area contributed by atoms with Gasteiger partial charge in [0, 0.05) is 59.9 Å². The van der Waals surface area contributed by atoms with Crippen molar-refractivity contribution in [1.82, 2.24) is 36.2 Å². The van der Waals surface area contributed by atoms with Gasteiger partial charge < -0.3 is 41.4 Å². The number of amides is 3. The van der Waals surface area contributed by atoms with Gasteiger partial charge in [-0.3, -0.25) is 24.0 Å². The number of aromatic amines is 2. The summed E-state index contributed by atoms with van der Waals surface area (Å²) in [7, 11) is 0. The van der Waals surface area contributed by atoms with Crippen LogP contribution >= 0.6 is 0 Å². The molecule has 0 saturated carbocycles. The quantitative estimate of drug-likeness (QED) is 0.0798. The number of carbonyl (C=O) groups is 5. The van der Waals surface area contributed by atoms with Gasteiger partial charge in [0.2, 0.25) is 17.7 Å². The molecular formula is C39H51N7O7. The van der Waals surface area contributed by atoms with Gasteiger partial charge in [0.15, 0.2) is 5.78 Å². The maximum absolute atomic E-state index is 14.2. The second-order valence-electron chi connectivity index (χ2n) is 15.4. The van der Waals surface area contributed by atoms with Crippen molar-refractivity contribution in [2.45, 2.75) is 103 Å². The van der Waals surface area contributed by atoms with Crippen LogP contribution in [0.5, 0.6) is 5.75 Å². The van der Waals surface area contributed by atoms with Crippen LogP contribution in [0.1, 0.15) is 71.2 Å². The monoisotopic (exact) mass is 729 g/mol. The summed E-state index contributed by atoms with van der Waals surface area (Å²) in [5.74, 6) is -3.35. The molecule has 2 aromatic heterocycles. The highest BCUT2D eigenvalue weighted by Crippen LogP contribution is 2.24. The lowest BCUT2D eigenvalue weighted by atomic mass is 9.84. The zero-order valence-corrected chi connectivity index (χ0v) is 31.1. The Morgan fingerprint density at radius 2 is 1.38 bits per heavy atom. The molecular weight excluding hydrogens is 678 g/mol. The van der Waals surface area contributed by atoms with Gasteiger partial charge in [-0.1, -0.05) is 51.1 Å². The SMILES string of the molecule is CC(C)(C)N[C@@H](Cc1c[nH]cn1)C(=O)N[C@@H](CCC(=O)O)C(=O)N[C@@H](Cc1ccc(O)cc1)C(=O)N[C@@H](Cc1c[nH]c2ccccc12)C(=O)C(C)(C)C. The number of fused-ring (bicyclic) bond motifs is 1. The molecule has 0 unspecified atom stereocenters. The number of carboxylic acids is 1. The minimum absolute atomic E-state index is 0.0121. The molecule has 14 heteroatoms. The van der Waals surface area contributed by atoms with Crippen LogP contribution in [0.3, 0.4) is 0 Å². The van der Waals surface area contributed by atoms with Crippen molar-refractivity contribution in [2.24, 2.45) is 5.41 Å². The average molecular weight is 730 g/mol. The molecule has 0 radical (unpaired) electrons. The topological polar surface area (TPSA) is 218 Å². The highest BCUT2D eigenvalue weighted by atomic mass is 16.4. The summed E-state index contributed by atoms with van der Waals surface area (Å²) >= 11 is 0. The molecule has 0 bridgehead atoms. The summed E-state index contributed by atoms with van der Waals surface area (Å²) in [6, 6.07) is 9.37. The number of phenolic OH excluding ortho intramolecular Hbond substituents is 1. The highest BCUT2D eigenvalue weighted by molar-refractivity contribution is 5.97. The van der Waals surface area contributed by atoms with Gasteiger partial charge in [-0.15, -0.1) is 0 Å². The fraction of sp³-hybridized carbons (Fsp3) is 0.436. The highest BCUT2D eigenvalue weighted by Gasteiger charge is 2.35. The first-order chi connectivity index (χ1) is 24.9. The summed E-state index contributed by atoms with van der Waals surface area (Å²) < 4.78 is 0. The van der Waals surface area contributed by atoms with Crippen LogP contribution in [0.4, 0.5) is 0 Å². The van der Waals surface area contributed by atoms with E-state index in [1.807, 2.05) is 45.0 Å². The minimum Gasteiger partial charge on any atom is -0.508 e. The Kier molecular flexibility index (Phi) is 13.2. The Labute approximate surface area is 308 Å². The largest absolute Gasteiger partial charge is 0.508 e. The summed E-state index contributed by atoms with van der Waals surface area (Å²) in [5, 5.41) is 31.9. The average Bonchev–Trinajstić information content (AvgIpc) is 3.75. The number of rotatable bonds is 17. The Bertz CT molecular complexity index is 1870. The summed E-state index contributed by atoms with van der Waals surface area (Å²) in [6.07, 6.45) is 4.60. The third kappa shape index (κ3) is 12.0. The molecule has 2 heterocycles. The second-order valence-corrected chi connectivity index (χ2v) is 15.4. The van der Waals surface area contributed by atoms with Gasteiger partial charge in [-0.05, 0) is 56.5 Å². The van der Waals surface area contributed by atoms with E-state index in [-0.39, 0.29) is 37.2 Å². The Hall–Kier alpha value is -5.50. The number of para-hydroxylation sites is 1. The third-order valence-corrected chi connectivity index (χ3v) is 8.65. The van der Waals surface area contributed by atoms with Gasteiger partial charge in [0.1, 0.15) is 17.8 Å². The number of aliphatic carboxylic acids is 1. The van der Waals surface area contributed by atoms with Gasteiger partial charge in [0.05, 0.1) is 24.1 Å². The van der Waals surface area contributed by atoms with Crippen LogP contribution in [-0.2, 0) is 43.2 Å². The smallest absolute Gasteiger partial charge is 0.303 e. The number of aromatic hydroxyl groups is 1. The normalized spacial score (nSPS) is 14.2. The lowest BCUT2D eigenvalue weighted by Crippen LogP contribution is -2.59. The van der Waals surface area contributed by atoms with Crippen molar-refractivity contribution in [3.63, 3.8) is 0 Å². The van der Waals surface area contributed by atoms with E-state index in [1.165, 1.54) is 18.5 Å². The molecule has 4 aromatic rings. The standard InChI is InChI=1S/C39H51N7O7/c1-38(2,3)34(50)30(18-24-20-41-28-10-8-7-9-27(24)28)44-36(52)31(17-23-11-13-26(47)14-12-23)45-35(51)29(15-16-33(48)49)43-37(53)32(46-39(4,5)6)19-25-21-40-22-42-25/h7-14,20-22,29-32,41,46-47H,15-19H2,1-6H3,(H,40,42)(H,43,53)(H,44,52)(H,45,51)(H,48,49)/t29-,30-,31-,32-/m0/s1. The van der Waals surface area contributed by atoms with Crippen molar-refractivity contribution >= 4 is 40.4 Å². The van der Waals surface area contributed by atoms with E-state index in [2.05, 4.69) is 36.2 Å². The molecule has 53 heavy (non-hydrogen) atoms. The van der Waals surface area contributed by atoms with Crippen molar-refractivity contribution in [3.05, 3.63) is 84.1 Å². The predicted octanol–water partition coefficient (Wildman–Crippen LogP) is 3.32. The number of nitrogens with zero attached hydrogens (tertiary/aromatic N) is 1. The first kappa shape index (κ1) is 40.3. The van der Waals surface area contributed by atoms with Crippen molar-refractivity contribution < 1.29 is 34.2 Å². The number of aromatic nitrogens is 3. The number of ketones is 1. The number of H-pyrrole nitrogens is 2. The van der Waals surface area contributed by atoms with Crippen LogP contribution < -0.4 is 21.3 Å². The van der Waals surface area contributed by atoms with Crippen LogP contribution in [0.2, 0.25) is 0 Å². The fourth-order valence-corrected chi connectivity index (χ4v) is 6.03. The number of phenols is 1. The number of hydrogen-bond donors (Lipinski definition) is 8. The van der Waals surface area contributed by atoms with Crippen LogP contribution in [0, 0.1) is 5.41 Å². The Morgan fingerprint density at radius 3 is 2.00 bits per heavy atom. The Balaban J connectivity index is 1.62. The zero-order valence-electron chi connectivity index (χ0n) is 31.1. The van der Waals surface area contributed by atoms with Crippen molar-refractivity contribution in [2.75, 3.05) is 0 Å². The third-order valence-electron chi connectivity index (χ3n) is 8.65. The number of carbonyl (C=O) groups excluding carboxylic acids is 4. The number of nitrogens with one attached hydrogen (secondary N) is 6. The molecule has 0 aliphatic rings. The minimum atomic E-state index is -1.32. The molecule has 4 rings (SSSR count). The van der Waals surface area contributed by atoms with E-state index in [9.17, 15) is 34.2 Å². The van der Waals surface area contributed by atoms with Gasteiger partial charge >= 0.3 is 5.97 Å². The molecule has 0 saturated heterocycles. The molecule has 2 aromatic carbocycles. The number of hydrogen-bond acceptors (Lipinski definition) is 8. The first-order valence-electron chi connectivity index (χ1n) is 17.6. The molecule has 14 nitrogen and oxygen atoms in total. The molecule has 4 atom stereocenters. The van der Waals surface area contributed by atoms with Gasteiger partial charge in [-0.2, -0.15) is 0 Å². The molecule has 284 valence electrons. The van der Waals surface area contributed by atoms with Crippen LogP contribution in [-0.4, -0.2) is 84.3 Å². The van der Waals surface area contributed by atoms with Gasteiger partial charge in [0.25, 0.3) is 0 Å².